The van der Waals surface area contributed by atoms with Crippen molar-refractivity contribution in [1.29, 1.82) is 0 Å². The zero-order chi connectivity index (χ0) is 24.3. The average Bonchev–Trinajstić information content (AvgIpc) is 3.28. The van der Waals surface area contributed by atoms with Gasteiger partial charge in [0.2, 0.25) is 5.95 Å². The monoisotopic (exact) mass is 489 g/mol. The summed E-state index contributed by atoms with van der Waals surface area (Å²) in [7, 11) is 1.40. The Morgan fingerprint density at radius 3 is 2.38 bits per heavy atom. The second-order valence-electron chi connectivity index (χ2n) is 8.61. The summed E-state index contributed by atoms with van der Waals surface area (Å²) in [5.74, 6) is -2.70. The molecule has 0 aliphatic carbocycles. The maximum absolute atomic E-state index is 13.6. The number of rotatable bonds is 8. The predicted molar refractivity (Wildman–Crippen MR) is 118 cm³/mol. The van der Waals surface area contributed by atoms with E-state index in [1.165, 1.54) is 42.3 Å². The van der Waals surface area contributed by atoms with Crippen molar-refractivity contribution >= 4 is 22.7 Å². The smallest absolute Gasteiger partial charge is 0.483 e. The van der Waals surface area contributed by atoms with Gasteiger partial charge in [-0.05, 0) is 38.4 Å². The quantitative estimate of drug-likeness (QED) is 0.329. The van der Waals surface area contributed by atoms with Crippen LogP contribution in [0.4, 0.5) is 33.7 Å². The number of piperidine rings is 1. The van der Waals surface area contributed by atoms with E-state index in [4.69, 9.17) is 9.47 Å². The van der Waals surface area contributed by atoms with E-state index >= 15 is 0 Å². The fraction of sp³-hybridized carbons (Fsp3) is 0.636. The molecule has 2 aliphatic heterocycles. The van der Waals surface area contributed by atoms with Gasteiger partial charge in [-0.15, -0.1) is 0 Å². The third-order valence-electron chi connectivity index (χ3n) is 6.08. The van der Waals surface area contributed by atoms with E-state index in [1.54, 1.807) is 0 Å². The number of nitrogens with zero attached hydrogens (tertiary/aromatic N) is 4. The number of hydrogen-bond acceptors (Lipinski definition) is 7. The van der Waals surface area contributed by atoms with Gasteiger partial charge in [0.1, 0.15) is 5.82 Å². The van der Waals surface area contributed by atoms with Crippen LogP contribution in [0.5, 0.6) is 11.5 Å². The van der Waals surface area contributed by atoms with Gasteiger partial charge >= 0.3 is 6.30 Å². The van der Waals surface area contributed by atoms with Crippen LogP contribution in [0.2, 0.25) is 0 Å². The molecule has 0 radical (unpaired) electrons. The number of aromatic nitrogens is 2. The summed E-state index contributed by atoms with van der Waals surface area (Å²) in [5.41, 5.74) is 0.199. The van der Waals surface area contributed by atoms with Crippen molar-refractivity contribution in [3.63, 3.8) is 0 Å². The molecule has 1 N–H and O–H groups in total. The highest BCUT2D eigenvalue weighted by Crippen LogP contribution is 2.37. The molecule has 2 aromatic rings. The van der Waals surface area contributed by atoms with Gasteiger partial charge in [-0.2, -0.15) is 18.2 Å². The zero-order valence-corrected chi connectivity index (χ0v) is 18.9. The van der Waals surface area contributed by atoms with Gasteiger partial charge in [0, 0.05) is 43.9 Å². The molecule has 12 heteroatoms. The van der Waals surface area contributed by atoms with Crippen molar-refractivity contribution in [3.05, 3.63) is 12.1 Å². The van der Waals surface area contributed by atoms with Crippen LogP contribution in [0.15, 0.2) is 12.1 Å². The topological polar surface area (TPSA) is 62.8 Å². The van der Waals surface area contributed by atoms with E-state index in [0.717, 1.165) is 26.1 Å². The summed E-state index contributed by atoms with van der Waals surface area (Å²) in [5, 5.41) is 1.53. The number of halogens is 5. The molecule has 0 bridgehead atoms. The standard InChI is InChI=1S/C22H28F5N5O2/c1-33-17-13-15-16(14-18(17)34-12-4-9-31-7-2-3-8-31)28-20(29-19(15)30-22(25,26)27)32-10-5-21(23,24)6-11-32/h13-14H,2-12H2,1H3,(H,28,29,30). The molecule has 0 spiro atoms. The lowest BCUT2D eigenvalue weighted by molar-refractivity contribution is -0.100. The third-order valence-corrected chi connectivity index (χ3v) is 6.08. The Morgan fingerprint density at radius 1 is 1.03 bits per heavy atom. The van der Waals surface area contributed by atoms with Crippen LogP contribution in [0.1, 0.15) is 32.1 Å². The molecule has 2 saturated heterocycles. The molecular formula is C22H28F5N5O2. The van der Waals surface area contributed by atoms with E-state index < -0.39 is 30.9 Å². The maximum atomic E-state index is 13.6. The highest BCUT2D eigenvalue weighted by Gasteiger charge is 2.36. The molecule has 0 unspecified atom stereocenters. The minimum absolute atomic E-state index is 0.0418. The summed E-state index contributed by atoms with van der Waals surface area (Å²) in [6.45, 7) is 3.36. The van der Waals surface area contributed by atoms with E-state index in [0.29, 0.717) is 12.4 Å². The van der Waals surface area contributed by atoms with Crippen LogP contribution in [0.3, 0.4) is 0 Å². The van der Waals surface area contributed by atoms with Crippen LogP contribution in [-0.2, 0) is 0 Å². The van der Waals surface area contributed by atoms with E-state index in [9.17, 15) is 22.0 Å². The SMILES string of the molecule is COc1cc2c(NC(F)(F)F)nc(N3CCC(F)(F)CC3)nc2cc1OCCCN1CCCC1. The highest BCUT2D eigenvalue weighted by molar-refractivity contribution is 5.93. The number of likely N-dealkylation sites (tertiary alicyclic amines) is 1. The van der Waals surface area contributed by atoms with Gasteiger partial charge in [0.15, 0.2) is 11.5 Å². The first-order chi connectivity index (χ1) is 16.1. The Balaban J connectivity index is 1.60. The Hall–Kier alpha value is -2.63. The van der Waals surface area contributed by atoms with Crippen molar-refractivity contribution < 1.29 is 31.4 Å². The van der Waals surface area contributed by atoms with Crippen molar-refractivity contribution in [2.75, 3.05) is 56.7 Å². The Bertz CT molecular complexity index is 988. The largest absolute Gasteiger partial charge is 0.493 e. The summed E-state index contributed by atoms with van der Waals surface area (Å²) >= 11 is 0. The second kappa shape index (κ2) is 9.93. The summed E-state index contributed by atoms with van der Waals surface area (Å²) in [6, 6.07) is 2.91. The number of hydrogen-bond donors (Lipinski definition) is 1. The molecule has 7 nitrogen and oxygen atoms in total. The minimum atomic E-state index is -4.74. The molecular weight excluding hydrogens is 461 g/mol. The second-order valence-corrected chi connectivity index (χ2v) is 8.61. The molecule has 188 valence electrons. The fourth-order valence-electron chi connectivity index (χ4n) is 4.28. The molecule has 3 heterocycles. The molecule has 34 heavy (non-hydrogen) atoms. The zero-order valence-electron chi connectivity index (χ0n) is 18.9. The first-order valence-corrected chi connectivity index (χ1v) is 11.4. The van der Waals surface area contributed by atoms with Crippen molar-refractivity contribution in [3.8, 4) is 11.5 Å². The third kappa shape index (κ3) is 6.08. The van der Waals surface area contributed by atoms with Gasteiger partial charge in [0.05, 0.1) is 19.2 Å². The number of benzene rings is 1. The molecule has 2 fully saturated rings. The van der Waals surface area contributed by atoms with Crippen LogP contribution in [-0.4, -0.2) is 73.5 Å². The average molecular weight is 489 g/mol. The summed E-state index contributed by atoms with van der Waals surface area (Å²) < 4.78 is 78.0. The van der Waals surface area contributed by atoms with Crippen LogP contribution in [0.25, 0.3) is 10.9 Å². The number of anilines is 2. The molecule has 0 amide bonds. The fourth-order valence-corrected chi connectivity index (χ4v) is 4.28. The molecule has 1 aromatic heterocycles. The molecule has 4 rings (SSSR count). The Labute approximate surface area is 194 Å². The normalized spacial score (nSPS) is 18.9. The van der Waals surface area contributed by atoms with Crippen molar-refractivity contribution in [2.45, 2.75) is 44.3 Å². The van der Waals surface area contributed by atoms with Crippen molar-refractivity contribution in [2.24, 2.45) is 0 Å². The number of nitrogens with one attached hydrogen (secondary N) is 1. The van der Waals surface area contributed by atoms with Gasteiger partial charge in [-0.25, -0.2) is 13.8 Å². The first-order valence-electron chi connectivity index (χ1n) is 11.4. The van der Waals surface area contributed by atoms with E-state index in [2.05, 4.69) is 14.9 Å². The predicted octanol–water partition coefficient (Wildman–Crippen LogP) is 4.67. The lowest BCUT2D eigenvalue weighted by Crippen LogP contribution is -2.40. The molecule has 2 aliphatic rings. The first kappa shape index (κ1) is 24.5. The highest BCUT2D eigenvalue weighted by atomic mass is 19.4. The molecule has 1 aromatic carbocycles. The molecule has 0 atom stereocenters. The van der Waals surface area contributed by atoms with Gasteiger partial charge in [0.25, 0.3) is 5.92 Å². The summed E-state index contributed by atoms with van der Waals surface area (Å²) in [6.07, 6.45) is -2.38. The van der Waals surface area contributed by atoms with E-state index in [-0.39, 0.29) is 35.7 Å². The van der Waals surface area contributed by atoms with Gasteiger partial charge in [-0.3, -0.25) is 5.32 Å². The van der Waals surface area contributed by atoms with Crippen LogP contribution < -0.4 is 19.7 Å². The number of ether oxygens (including phenoxy) is 2. The lowest BCUT2D eigenvalue weighted by Gasteiger charge is -2.32. The van der Waals surface area contributed by atoms with Gasteiger partial charge in [-0.1, -0.05) is 0 Å². The number of fused-ring (bicyclic) bond motifs is 1. The van der Waals surface area contributed by atoms with Gasteiger partial charge < -0.3 is 19.3 Å². The number of methoxy groups -OCH3 is 1. The van der Waals surface area contributed by atoms with Crippen molar-refractivity contribution in [1.82, 2.24) is 14.9 Å². The van der Waals surface area contributed by atoms with Crippen LogP contribution >= 0.6 is 0 Å². The summed E-state index contributed by atoms with van der Waals surface area (Å²) in [4.78, 5) is 12.2. The number of alkyl halides is 5. The molecule has 0 saturated carbocycles. The Kier molecular flexibility index (Phi) is 7.15. The minimum Gasteiger partial charge on any atom is -0.493 e. The Morgan fingerprint density at radius 2 is 1.74 bits per heavy atom. The lowest BCUT2D eigenvalue weighted by atomic mass is 10.1. The maximum Gasteiger partial charge on any atom is 0.483 e. The van der Waals surface area contributed by atoms with E-state index in [1.807, 2.05) is 0 Å². The van der Waals surface area contributed by atoms with Crippen LogP contribution in [0, 0.1) is 0 Å².